The van der Waals surface area contributed by atoms with E-state index in [9.17, 15) is 0 Å². The summed E-state index contributed by atoms with van der Waals surface area (Å²) in [6.07, 6.45) is 3.94. The van der Waals surface area contributed by atoms with Gasteiger partial charge in [-0.05, 0) is 50.4 Å². The van der Waals surface area contributed by atoms with Crippen molar-refractivity contribution in [2.24, 2.45) is 0 Å². The second-order valence-corrected chi connectivity index (χ2v) is 6.46. The molecule has 1 saturated heterocycles. The lowest BCUT2D eigenvalue weighted by atomic mass is 10.2. The van der Waals surface area contributed by atoms with E-state index in [2.05, 4.69) is 41.1 Å². The Morgan fingerprint density at radius 3 is 2.62 bits per heavy atom. The first-order valence-electron chi connectivity index (χ1n) is 8.43. The van der Waals surface area contributed by atoms with Crippen LogP contribution in [0, 0.1) is 6.92 Å². The van der Waals surface area contributed by atoms with Crippen molar-refractivity contribution in [1.82, 2.24) is 15.2 Å². The molecule has 4 nitrogen and oxygen atoms in total. The SMILES string of the molecule is CCCN1CCN(c2cc(CNC3CC3)cc(C)n2)CC1. The van der Waals surface area contributed by atoms with Crippen molar-refractivity contribution < 1.29 is 0 Å². The number of hydrogen-bond acceptors (Lipinski definition) is 4. The van der Waals surface area contributed by atoms with E-state index in [-0.39, 0.29) is 0 Å². The molecule has 0 spiro atoms. The average Bonchev–Trinajstić information content (AvgIpc) is 3.30. The van der Waals surface area contributed by atoms with E-state index < -0.39 is 0 Å². The fourth-order valence-electron chi connectivity index (χ4n) is 3.05. The number of rotatable bonds is 6. The molecule has 0 bridgehead atoms. The number of piperazine rings is 1. The molecule has 0 radical (unpaired) electrons. The highest BCUT2D eigenvalue weighted by Gasteiger charge is 2.21. The molecule has 1 aromatic heterocycles. The van der Waals surface area contributed by atoms with Crippen LogP contribution in [0.4, 0.5) is 5.82 Å². The molecule has 116 valence electrons. The molecule has 1 saturated carbocycles. The van der Waals surface area contributed by atoms with E-state index in [1.165, 1.54) is 50.3 Å². The van der Waals surface area contributed by atoms with Crippen LogP contribution in [0.25, 0.3) is 0 Å². The largest absolute Gasteiger partial charge is 0.354 e. The molecule has 2 aliphatic rings. The van der Waals surface area contributed by atoms with Crippen LogP contribution in [0.2, 0.25) is 0 Å². The minimum absolute atomic E-state index is 0.763. The van der Waals surface area contributed by atoms with E-state index >= 15 is 0 Å². The summed E-state index contributed by atoms with van der Waals surface area (Å²) in [5, 5.41) is 3.60. The predicted octanol–water partition coefficient (Wildman–Crippen LogP) is 2.17. The number of hydrogen-bond donors (Lipinski definition) is 1. The van der Waals surface area contributed by atoms with Gasteiger partial charge in [0.2, 0.25) is 0 Å². The van der Waals surface area contributed by atoms with Crippen LogP contribution < -0.4 is 10.2 Å². The van der Waals surface area contributed by atoms with Crippen molar-refractivity contribution in [2.45, 2.75) is 45.7 Å². The lowest BCUT2D eigenvalue weighted by Gasteiger charge is -2.35. The average molecular weight is 288 g/mol. The van der Waals surface area contributed by atoms with Crippen molar-refractivity contribution in [3.8, 4) is 0 Å². The van der Waals surface area contributed by atoms with E-state index in [1.54, 1.807) is 0 Å². The number of aryl methyl sites for hydroxylation is 1. The molecule has 0 aromatic carbocycles. The summed E-state index contributed by atoms with van der Waals surface area (Å²) in [5.74, 6) is 1.17. The van der Waals surface area contributed by atoms with Crippen molar-refractivity contribution >= 4 is 5.82 Å². The summed E-state index contributed by atoms with van der Waals surface area (Å²) in [7, 11) is 0. The molecule has 2 fully saturated rings. The Kier molecular flexibility index (Phi) is 4.76. The van der Waals surface area contributed by atoms with Gasteiger partial charge in [0.1, 0.15) is 5.82 Å². The zero-order valence-electron chi connectivity index (χ0n) is 13.4. The number of anilines is 1. The maximum atomic E-state index is 4.75. The minimum atomic E-state index is 0.763. The Morgan fingerprint density at radius 1 is 1.19 bits per heavy atom. The monoisotopic (exact) mass is 288 g/mol. The maximum absolute atomic E-state index is 4.75. The molecule has 21 heavy (non-hydrogen) atoms. The molecule has 0 amide bonds. The van der Waals surface area contributed by atoms with Crippen LogP contribution >= 0.6 is 0 Å². The zero-order chi connectivity index (χ0) is 14.7. The molecule has 0 atom stereocenters. The minimum Gasteiger partial charge on any atom is -0.354 e. The van der Waals surface area contributed by atoms with Gasteiger partial charge in [-0.1, -0.05) is 6.92 Å². The Labute approximate surface area is 128 Å². The summed E-state index contributed by atoms with van der Waals surface area (Å²) in [6.45, 7) is 11.1. The smallest absolute Gasteiger partial charge is 0.129 e. The highest BCUT2D eigenvalue weighted by Crippen LogP contribution is 2.21. The fraction of sp³-hybridized carbons (Fsp3) is 0.706. The van der Waals surface area contributed by atoms with Gasteiger partial charge in [0.25, 0.3) is 0 Å². The summed E-state index contributed by atoms with van der Waals surface area (Å²) >= 11 is 0. The summed E-state index contributed by atoms with van der Waals surface area (Å²) in [4.78, 5) is 9.75. The van der Waals surface area contributed by atoms with Gasteiger partial charge in [-0.3, -0.25) is 4.90 Å². The quantitative estimate of drug-likeness (QED) is 0.869. The van der Waals surface area contributed by atoms with Gasteiger partial charge in [-0.15, -0.1) is 0 Å². The van der Waals surface area contributed by atoms with E-state index in [4.69, 9.17) is 4.98 Å². The summed E-state index contributed by atoms with van der Waals surface area (Å²) in [5.41, 5.74) is 2.51. The summed E-state index contributed by atoms with van der Waals surface area (Å²) < 4.78 is 0. The summed E-state index contributed by atoms with van der Waals surface area (Å²) in [6, 6.07) is 5.25. The second kappa shape index (κ2) is 6.75. The van der Waals surface area contributed by atoms with Crippen LogP contribution in [0.5, 0.6) is 0 Å². The van der Waals surface area contributed by atoms with Crippen molar-refractivity contribution in [2.75, 3.05) is 37.6 Å². The Bertz CT molecular complexity index is 462. The standard InChI is InChI=1S/C17H28N4/c1-3-6-20-7-9-21(10-8-20)17-12-15(11-14(2)19-17)13-18-16-4-5-16/h11-12,16,18H,3-10,13H2,1-2H3. The lowest BCUT2D eigenvalue weighted by Crippen LogP contribution is -2.46. The van der Waals surface area contributed by atoms with Crippen LogP contribution in [-0.4, -0.2) is 48.6 Å². The number of aromatic nitrogens is 1. The molecule has 2 heterocycles. The molecular formula is C17H28N4. The van der Waals surface area contributed by atoms with Crippen LogP contribution in [0.1, 0.15) is 37.4 Å². The van der Waals surface area contributed by atoms with E-state index in [0.717, 1.165) is 31.4 Å². The highest BCUT2D eigenvalue weighted by molar-refractivity contribution is 5.43. The van der Waals surface area contributed by atoms with E-state index in [1.807, 2.05) is 0 Å². The highest BCUT2D eigenvalue weighted by atomic mass is 15.3. The first kappa shape index (κ1) is 14.8. The zero-order valence-corrected chi connectivity index (χ0v) is 13.4. The van der Waals surface area contributed by atoms with Crippen LogP contribution in [-0.2, 0) is 6.54 Å². The van der Waals surface area contributed by atoms with Gasteiger partial charge in [-0.2, -0.15) is 0 Å². The van der Waals surface area contributed by atoms with Gasteiger partial charge in [0.15, 0.2) is 0 Å². The second-order valence-electron chi connectivity index (χ2n) is 6.46. The van der Waals surface area contributed by atoms with E-state index in [0.29, 0.717) is 0 Å². The predicted molar refractivity (Wildman–Crippen MR) is 87.8 cm³/mol. The normalized spacial score (nSPS) is 20.0. The molecular weight excluding hydrogens is 260 g/mol. The third-order valence-corrected chi connectivity index (χ3v) is 4.41. The van der Waals surface area contributed by atoms with Crippen LogP contribution in [0.15, 0.2) is 12.1 Å². The van der Waals surface area contributed by atoms with Gasteiger partial charge in [0.05, 0.1) is 0 Å². The molecule has 0 unspecified atom stereocenters. The topological polar surface area (TPSA) is 31.4 Å². The molecule has 1 aliphatic carbocycles. The molecule has 1 aliphatic heterocycles. The van der Waals surface area contributed by atoms with Crippen molar-refractivity contribution in [3.63, 3.8) is 0 Å². The molecule has 1 N–H and O–H groups in total. The molecule has 1 aromatic rings. The number of nitrogens with one attached hydrogen (secondary N) is 1. The first-order valence-corrected chi connectivity index (χ1v) is 8.43. The van der Waals surface area contributed by atoms with Gasteiger partial charge in [-0.25, -0.2) is 4.98 Å². The Balaban J connectivity index is 1.61. The fourth-order valence-corrected chi connectivity index (χ4v) is 3.05. The van der Waals surface area contributed by atoms with Crippen molar-refractivity contribution in [1.29, 1.82) is 0 Å². The first-order chi connectivity index (χ1) is 10.2. The Morgan fingerprint density at radius 2 is 1.95 bits per heavy atom. The van der Waals surface area contributed by atoms with Gasteiger partial charge < -0.3 is 10.2 Å². The number of pyridine rings is 1. The van der Waals surface area contributed by atoms with Crippen LogP contribution in [0.3, 0.4) is 0 Å². The molecule has 4 heteroatoms. The molecule has 3 rings (SSSR count). The van der Waals surface area contributed by atoms with Crippen molar-refractivity contribution in [3.05, 3.63) is 23.4 Å². The van der Waals surface area contributed by atoms with Gasteiger partial charge in [0, 0.05) is 44.5 Å². The Hall–Kier alpha value is -1.13. The third-order valence-electron chi connectivity index (χ3n) is 4.41. The maximum Gasteiger partial charge on any atom is 0.129 e. The lowest BCUT2D eigenvalue weighted by molar-refractivity contribution is 0.258. The number of nitrogens with zero attached hydrogens (tertiary/aromatic N) is 3. The van der Waals surface area contributed by atoms with Gasteiger partial charge >= 0.3 is 0 Å². The third kappa shape index (κ3) is 4.17.